The van der Waals surface area contributed by atoms with E-state index in [1.807, 2.05) is 32.0 Å². The van der Waals surface area contributed by atoms with Crippen LogP contribution in [0.1, 0.15) is 63.5 Å². The number of carbonyl (C=O) groups is 2. The van der Waals surface area contributed by atoms with E-state index in [9.17, 15) is 9.59 Å². The highest BCUT2D eigenvalue weighted by Crippen LogP contribution is 2.20. The molecule has 0 aliphatic heterocycles. The Morgan fingerprint density at radius 2 is 1.67 bits per heavy atom. The van der Waals surface area contributed by atoms with Gasteiger partial charge in [-0.15, -0.1) is 0 Å². The Hall–Kier alpha value is -1.84. The van der Waals surface area contributed by atoms with Gasteiger partial charge in [0.2, 0.25) is 0 Å². The Bertz CT molecular complexity index is 534. The summed E-state index contributed by atoms with van der Waals surface area (Å²) in [6.45, 7) is 8.67. The van der Waals surface area contributed by atoms with E-state index in [0.29, 0.717) is 44.0 Å². The van der Waals surface area contributed by atoms with Crippen molar-refractivity contribution in [2.45, 2.75) is 66.2 Å². The number of hydrogen-bond acceptors (Lipinski definition) is 4. The largest absolute Gasteiger partial charge is 0.466 e. The molecule has 0 heterocycles. The van der Waals surface area contributed by atoms with Crippen molar-refractivity contribution in [1.29, 1.82) is 0 Å². The second-order valence-corrected chi connectivity index (χ2v) is 6.71. The highest BCUT2D eigenvalue weighted by molar-refractivity contribution is 5.73. The molecule has 0 aromatic heterocycles. The number of ether oxygens (including phenoxy) is 2. The molecule has 0 radical (unpaired) electrons. The quantitative estimate of drug-likeness (QED) is 0.352. The number of benzene rings is 1. The summed E-state index contributed by atoms with van der Waals surface area (Å²) in [6, 6.07) is 5.79. The first-order chi connectivity index (χ1) is 11.4. The molecule has 1 aromatic rings. The van der Waals surface area contributed by atoms with Crippen molar-refractivity contribution in [1.82, 2.24) is 0 Å². The predicted octanol–water partition coefficient (Wildman–Crippen LogP) is 4.75. The summed E-state index contributed by atoms with van der Waals surface area (Å²) in [5.74, 6) is 0.812. The normalized spacial score (nSPS) is 10.7. The molecule has 1 aromatic carbocycles. The van der Waals surface area contributed by atoms with Crippen LogP contribution in [0.25, 0.3) is 0 Å². The minimum absolute atomic E-state index is 0.179. The molecule has 4 heteroatoms. The Morgan fingerprint density at radius 1 is 1.00 bits per heavy atom. The monoisotopic (exact) mass is 334 g/mol. The van der Waals surface area contributed by atoms with E-state index in [1.165, 1.54) is 0 Å². The summed E-state index contributed by atoms with van der Waals surface area (Å²) in [6.07, 6.45) is 3.92. The maximum absolute atomic E-state index is 11.9. The van der Waals surface area contributed by atoms with Crippen LogP contribution >= 0.6 is 0 Å². The molecule has 0 fully saturated rings. The number of hydrogen-bond donors (Lipinski definition) is 0. The van der Waals surface area contributed by atoms with E-state index in [2.05, 4.69) is 13.8 Å². The zero-order chi connectivity index (χ0) is 17.9. The van der Waals surface area contributed by atoms with Gasteiger partial charge in [0, 0.05) is 12.8 Å². The lowest BCUT2D eigenvalue weighted by Crippen LogP contribution is -2.10. The van der Waals surface area contributed by atoms with Crippen LogP contribution in [0.5, 0.6) is 5.75 Å². The molecular formula is C20H30O4. The van der Waals surface area contributed by atoms with Crippen LogP contribution < -0.4 is 4.74 Å². The van der Waals surface area contributed by atoms with E-state index in [0.717, 1.165) is 24.0 Å². The second kappa shape index (κ2) is 10.8. The molecule has 1 rings (SSSR count). The molecule has 0 saturated carbocycles. The van der Waals surface area contributed by atoms with Gasteiger partial charge < -0.3 is 9.47 Å². The highest BCUT2D eigenvalue weighted by atomic mass is 16.5. The first-order valence-corrected chi connectivity index (χ1v) is 8.82. The van der Waals surface area contributed by atoms with Crippen LogP contribution in [0.2, 0.25) is 0 Å². The van der Waals surface area contributed by atoms with E-state index in [-0.39, 0.29) is 11.9 Å². The lowest BCUT2D eigenvalue weighted by atomic mass is 10.1. The van der Waals surface area contributed by atoms with Crippen LogP contribution in [-0.4, -0.2) is 18.5 Å². The molecule has 0 aliphatic rings. The van der Waals surface area contributed by atoms with Crippen LogP contribution in [0.15, 0.2) is 18.2 Å². The minimum Gasteiger partial charge on any atom is -0.466 e. The van der Waals surface area contributed by atoms with Gasteiger partial charge in [0.05, 0.1) is 6.61 Å². The van der Waals surface area contributed by atoms with Crippen LogP contribution in [0, 0.1) is 19.8 Å². The third-order valence-corrected chi connectivity index (χ3v) is 3.77. The molecule has 0 unspecified atom stereocenters. The topological polar surface area (TPSA) is 52.6 Å². The summed E-state index contributed by atoms with van der Waals surface area (Å²) in [4.78, 5) is 23.4. The lowest BCUT2D eigenvalue weighted by Gasteiger charge is -2.08. The minimum atomic E-state index is -0.256. The fourth-order valence-electron chi connectivity index (χ4n) is 2.28. The maximum atomic E-state index is 11.9. The van der Waals surface area contributed by atoms with Crippen molar-refractivity contribution in [3.63, 3.8) is 0 Å². The van der Waals surface area contributed by atoms with E-state index < -0.39 is 0 Å². The third kappa shape index (κ3) is 8.70. The SMILES string of the molecule is Cc1ccc(C)c(OC(=O)CCCCC(=O)OCCCC(C)C)c1. The predicted molar refractivity (Wildman–Crippen MR) is 95.1 cm³/mol. The number of rotatable bonds is 10. The molecule has 24 heavy (non-hydrogen) atoms. The molecule has 0 atom stereocenters. The van der Waals surface area contributed by atoms with Crippen molar-refractivity contribution in [3.05, 3.63) is 29.3 Å². The summed E-state index contributed by atoms with van der Waals surface area (Å²) in [7, 11) is 0. The number of carbonyl (C=O) groups excluding carboxylic acids is 2. The van der Waals surface area contributed by atoms with Crippen molar-refractivity contribution in [3.8, 4) is 5.75 Å². The lowest BCUT2D eigenvalue weighted by molar-refractivity contribution is -0.144. The van der Waals surface area contributed by atoms with Crippen LogP contribution in [-0.2, 0) is 14.3 Å². The van der Waals surface area contributed by atoms with E-state index >= 15 is 0 Å². The first kappa shape index (κ1) is 20.2. The average molecular weight is 334 g/mol. The Labute approximate surface area is 145 Å². The third-order valence-electron chi connectivity index (χ3n) is 3.77. The molecule has 0 amide bonds. The second-order valence-electron chi connectivity index (χ2n) is 6.71. The molecule has 4 nitrogen and oxygen atoms in total. The van der Waals surface area contributed by atoms with Crippen molar-refractivity contribution in [2.75, 3.05) is 6.61 Å². The van der Waals surface area contributed by atoms with Gasteiger partial charge >= 0.3 is 11.9 Å². The van der Waals surface area contributed by atoms with Gasteiger partial charge in [-0.05, 0) is 62.6 Å². The van der Waals surface area contributed by atoms with Gasteiger partial charge in [-0.2, -0.15) is 0 Å². The smallest absolute Gasteiger partial charge is 0.311 e. The molecule has 134 valence electrons. The molecule has 0 N–H and O–H groups in total. The van der Waals surface area contributed by atoms with Crippen LogP contribution in [0.4, 0.5) is 0 Å². The molecule has 0 aliphatic carbocycles. The number of aryl methyl sites for hydroxylation is 2. The van der Waals surface area contributed by atoms with Gasteiger partial charge in [0.1, 0.15) is 5.75 Å². The number of esters is 2. The molecule has 0 spiro atoms. The summed E-state index contributed by atoms with van der Waals surface area (Å²) in [5, 5.41) is 0. The fraction of sp³-hybridized carbons (Fsp3) is 0.600. The van der Waals surface area contributed by atoms with Crippen molar-refractivity contribution in [2.24, 2.45) is 5.92 Å². The Morgan fingerprint density at radius 3 is 2.33 bits per heavy atom. The summed E-state index contributed by atoms with van der Waals surface area (Å²) in [5.41, 5.74) is 2.00. The zero-order valence-electron chi connectivity index (χ0n) is 15.4. The maximum Gasteiger partial charge on any atom is 0.311 e. The fourth-order valence-corrected chi connectivity index (χ4v) is 2.28. The van der Waals surface area contributed by atoms with Gasteiger partial charge in [-0.3, -0.25) is 9.59 Å². The highest BCUT2D eigenvalue weighted by Gasteiger charge is 2.09. The Balaban J connectivity index is 2.15. The summed E-state index contributed by atoms with van der Waals surface area (Å²) >= 11 is 0. The van der Waals surface area contributed by atoms with Crippen LogP contribution in [0.3, 0.4) is 0 Å². The van der Waals surface area contributed by atoms with Gasteiger partial charge in [-0.25, -0.2) is 0 Å². The van der Waals surface area contributed by atoms with E-state index in [1.54, 1.807) is 0 Å². The average Bonchev–Trinajstić information content (AvgIpc) is 2.51. The first-order valence-electron chi connectivity index (χ1n) is 8.82. The van der Waals surface area contributed by atoms with Gasteiger partial charge in [0.15, 0.2) is 0 Å². The van der Waals surface area contributed by atoms with Crippen molar-refractivity contribution >= 4 is 11.9 Å². The molecule has 0 saturated heterocycles. The molecular weight excluding hydrogens is 304 g/mol. The number of unbranched alkanes of at least 4 members (excludes halogenated alkanes) is 1. The van der Waals surface area contributed by atoms with Gasteiger partial charge in [-0.1, -0.05) is 26.0 Å². The van der Waals surface area contributed by atoms with Crippen molar-refractivity contribution < 1.29 is 19.1 Å². The Kier molecular flexibility index (Phi) is 9.13. The van der Waals surface area contributed by atoms with E-state index in [4.69, 9.17) is 9.47 Å². The molecule has 0 bridgehead atoms. The summed E-state index contributed by atoms with van der Waals surface area (Å²) < 4.78 is 10.5. The standard InChI is InChI=1S/C20H30O4/c1-15(2)8-7-13-23-19(21)9-5-6-10-20(22)24-18-14-16(3)11-12-17(18)4/h11-12,14-15H,5-10,13H2,1-4H3. The zero-order valence-corrected chi connectivity index (χ0v) is 15.4. The van der Waals surface area contributed by atoms with Gasteiger partial charge in [0.25, 0.3) is 0 Å².